The highest BCUT2D eigenvalue weighted by Crippen LogP contribution is 2.61. The van der Waals surface area contributed by atoms with Crippen molar-refractivity contribution >= 4 is 29.2 Å². The fraction of sp³-hybridized carbons (Fsp3) is 0.600. The third kappa shape index (κ3) is 3.73. The molecule has 26 heavy (non-hydrogen) atoms. The summed E-state index contributed by atoms with van der Waals surface area (Å²) in [5.74, 6) is 1.04. The van der Waals surface area contributed by atoms with Gasteiger partial charge in [0.1, 0.15) is 5.82 Å². The molecule has 0 aromatic heterocycles. The largest absolute Gasteiger partial charge is 0.456 e. The van der Waals surface area contributed by atoms with Gasteiger partial charge in [-0.1, -0.05) is 11.6 Å². The lowest BCUT2D eigenvalue weighted by Crippen LogP contribution is -2.47. The van der Waals surface area contributed by atoms with Crippen molar-refractivity contribution in [2.24, 2.45) is 23.2 Å². The highest BCUT2D eigenvalue weighted by atomic mass is 35.5. The normalized spacial score (nSPS) is 31.7. The molecule has 0 radical (unpaired) electrons. The number of carbonyl (C=O) groups is 2. The van der Waals surface area contributed by atoms with Crippen molar-refractivity contribution in [3.8, 4) is 0 Å². The van der Waals surface area contributed by atoms with E-state index in [-0.39, 0.29) is 23.0 Å². The molecule has 1 N–H and O–H groups in total. The molecule has 1 amide bonds. The summed E-state index contributed by atoms with van der Waals surface area (Å²) < 4.78 is 18.3. The van der Waals surface area contributed by atoms with E-state index in [2.05, 4.69) is 5.32 Å². The first-order valence-corrected chi connectivity index (χ1v) is 9.69. The van der Waals surface area contributed by atoms with Gasteiger partial charge in [-0.25, -0.2) is 4.39 Å². The number of ether oxygens (including phenoxy) is 1. The molecule has 0 aliphatic heterocycles. The van der Waals surface area contributed by atoms with Crippen LogP contribution in [0.3, 0.4) is 0 Å². The summed E-state index contributed by atoms with van der Waals surface area (Å²) in [6.07, 6.45) is 7.81. The quantitative estimate of drug-likeness (QED) is 0.762. The Bertz CT molecular complexity index is 700. The van der Waals surface area contributed by atoms with E-state index >= 15 is 0 Å². The summed E-state index contributed by atoms with van der Waals surface area (Å²) in [6.45, 7) is -0.333. The lowest BCUT2D eigenvalue weighted by Gasteiger charge is -2.56. The Morgan fingerprint density at radius 1 is 1.15 bits per heavy atom. The van der Waals surface area contributed by atoms with Crippen molar-refractivity contribution in [1.82, 2.24) is 0 Å². The Labute approximate surface area is 157 Å². The Kier molecular flexibility index (Phi) is 4.68. The zero-order valence-electron chi connectivity index (χ0n) is 14.6. The van der Waals surface area contributed by atoms with Crippen LogP contribution in [0.15, 0.2) is 18.2 Å². The van der Waals surface area contributed by atoms with Crippen molar-refractivity contribution in [3.05, 3.63) is 29.0 Å². The molecule has 0 unspecified atom stereocenters. The molecule has 4 nitrogen and oxygen atoms in total. The molecule has 5 rings (SSSR count). The van der Waals surface area contributed by atoms with E-state index in [0.29, 0.717) is 12.1 Å². The molecule has 0 heterocycles. The summed E-state index contributed by atoms with van der Waals surface area (Å²) >= 11 is 5.69. The number of nitrogens with one attached hydrogen (secondary N) is 1. The van der Waals surface area contributed by atoms with Gasteiger partial charge in [-0.05, 0) is 79.9 Å². The number of halogens is 2. The molecule has 4 aliphatic carbocycles. The van der Waals surface area contributed by atoms with E-state index in [4.69, 9.17) is 16.3 Å². The first-order chi connectivity index (χ1) is 12.4. The number of anilines is 1. The first kappa shape index (κ1) is 17.8. The number of carbonyl (C=O) groups excluding carboxylic acids is 2. The molecule has 0 spiro atoms. The SMILES string of the molecule is O=C(COC(=O)CC12CC3CC(CC(C3)C1)C2)Nc1ccc(F)c(Cl)c1. The van der Waals surface area contributed by atoms with Gasteiger partial charge < -0.3 is 10.1 Å². The van der Waals surface area contributed by atoms with Gasteiger partial charge in [-0.3, -0.25) is 9.59 Å². The number of benzene rings is 1. The van der Waals surface area contributed by atoms with Crippen molar-refractivity contribution < 1.29 is 18.7 Å². The minimum Gasteiger partial charge on any atom is -0.456 e. The predicted molar refractivity (Wildman–Crippen MR) is 96.2 cm³/mol. The number of esters is 1. The number of hydrogen-bond acceptors (Lipinski definition) is 3. The van der Waals surface area contributed by atoms with E-state index in [9.17, 15) is 14.0 Å². The zero-order valence-corrected chi connectivity index (χ0v) is 15.4. The third-order valence-electron chi connectivity index (χ3n) is 6.25. The van der Waals surface area contributed by atoms with Crippen LogP contribution in [-0.4, -0.2) is 18.5 Å². The minimum atomic E-state index is -0.549. The Hall–Kier alpha value is -1.62. The maximum atomic E-state index is 13.1. The molecule has 0 saturated heterocycles. The molecule has 4 bridgehead atoms. The molecule has 0 atom stereocenters. The lowest BCUT2D eigenvalue weighted by molar-refractivity contribution is -0.154. The summed E-state index contributed by atoms with van der Waals surface area (Å²) in [4.78, 5) is 24.3. The van der Waals surface area contributed by atoms with Gasteiger partial charge in [0.05, 0.1) is 11.4 Å². The van der Waals surface area contributed by atoms with Gasteiger partial charge in [0.2, 0.25) is 0 Å². The Balaban J connectivity index is 1.27. The second kappa shape index (κ2) is 6.84. The van der Waals surface area contributed by atoms with Crippen molar-refractivity contribution in [1.29, 1.82) is 0 Å². The smallest absolute Gasteiger partial charge is 0.306 e. The fourth-order valence-electron chi connectivity index (χ4n) is 5.78. The molecule has 4 saturated carbocycles. The van der Waals surface area contributed by atoms with Crippen molar-refractivity contribution in [2.45, 2.75) is 44.9 Å². The highest BCUT2D eigenvalue weighted by Gasteiger charge is 2.51. The van der Waals surface area contributed by atoms with Crippen LogP contribution in [0.25, 0.3) is 0 Å². The molecule has 140 valence electrons. The predicted octanol–water partition coefficient (Wildman–Crippen LogP) is 4.57. The van der Waals surface area contributed by atoms with Gasteiger partial charge >= 0.3 is 5.97 Å². The van der Waals surface area contributed by atoms with Crippen molar-refractivity contribution in [2.75, 3.05) is 11.9 Å². The van der Waals surface area contributed by atoms with E-state index in [1.165, 1.54) is 37.5 Å². The maximum absolute atomic E-state index is 13.1. The van der Waals surface area contributed by atoms with Crippen LogP contribution >= 0.6 is 11.6 Å². The van der Waals surface area contributed by atoms with Crippen LogP contribution in [0.1, 0.15) is 44.9 Å². The van der Waals surface area contributed by atoms with Gasteiger partial charge in [0.25, 0.3) is 5.91 Å². The second-order valence-corrected chi connectivity index (χ2v) is 8.84. The topological polar surface area (TPSA) is 55.4 Å². The molecular weight excluding hydrogens is 357 g/mol. The standard InChI is InChI=1S/C20H23ClFNO3/c21-16-6-15(1-2-17(16)22)23-18(24)11-26-19(25)10-20-7-12-3-13(8-20)5-14(4-12)9-20/h1-2,6,12-14H,3-5,7-11H2,(H,23,24). The number of hydrogen-bond donors (Lipinski definition) is 1. The van der Waals surface area contributed by atoms with Crippen LogP contribution < -0.4 is 5.32 Å². The van der Waals surface area contributed by atoms with E-state index in [1.54, 1.807) is 0 Å². The molecule has 4 aliphatic rings. The van der Waals surface area contributed by atoms with Crippen molar-refractivity contribution in [3.63, 3.8) is 0 Å². The van der Waals surface area contributed by atoms with Crippen LogP contribution in [-0.2, 0) is 14.3 Å². The van der Waals surface area contributed by atoms with Crippen LogP contribution in [0.2, 0.25) is 5.02 Å². The van der Waals surface area contributed by atoms with E-state index in [1.807, 2.05) is 0 Å². The lowest BCUT2D eigenvalue weighted by atomic mass is 9.49. The Morgan fingerprint density at radius 3 is 2.35 bits per heavy atom. The molecule has 4 fully saturated rings. The van der Waals surface area contributed by atoms with Gasteiger partial charge in [0, 0.05) is 5.69 Å². The van der Waals surface area contributed by atoms with Crippen LogP contribution in [0, 0.1) is 29.0 Å². The summed E-state index contributed by atoms with van der Waals surface area (Å²) in [7, 11) is 0. The van der Waals surface area contributed by atoms with E-state index in [0.717, 1.165) is 37.0 Å². The number of rotatable bonds is 5. The third-order valence-corrected chi connectivity index (χ3v) is 6.54. The Morgan fingerprint density at radius 2 is 1.77 bits per heavy atom. The monoisotopic (exact) mass is 379 g/mol. The zero-order chi connectivity index (χ0) is 18.3. The first-order valence-electron chi connectivity index (χ1n) is 9.31. The summed E-state index contributed by atoms with van der Waals surface area (Å²) in [6, 6.07) is 3.92. The van der Waals surface area contributed by atoms with Crippen LogP contribution in [0.4, 0.5) is 10.1 Å². The number of amides is 1. The summed E-state index contributed by atoms with van der Waals surface area (Å²) in [5, 5.41) is 2.49. The van der Waals surface area contributed by atoms with Gasteiger partial charge in [-0.2, -0.15) is 0 Å². The molecule has 6 heteroatoms. The average Bonchev–Trinajstić information content (AvgIpc) is 2.55. The van der Waals surface area contributed by atoms with Gasteiger partial charge in [0.15, 0.2) is 6.61 Å². The summed E-state index contributed by atoms with van der Waals surface area (Å²) in [5.41, 5.74) is 0.478. The fourth-order valence-corrected chi connectivity index (χ4v) is 5.96. The van der Waals surface area contributed by atoms with E-state index < -0.39 is 11.7 Å². The van der Waals surface area contributed by atoms with Crippen LogP contribution in [0.5, 0.6) is 0 Å². The maximum Gasteiger partial charge on any atom is 0.306 e. The molecule has 1 aromatic rings. The second-order valence-electron chi connectivity index (χ2n) is 8.43. The highest BCUT2D eigenvalue weighted by molar-refractivity contribution is 6.31. The molecule has 1 aromatic carbocycles. The minimum absolute atomic E-state index is 0.0680. The van der Waals surface area contributed by atoms with Gasteiger partial charge in [-0.15, -0.1) is 0 Å². The molecular formula is C20H23ClFNO3. The average molecular weight is 380 g/mol.